The van der Waals surface area contributed by atoms with E-state index in [1.165, 1.54) is 0 Å². The maximum atomic E-state index is 5.65. The maximum absolute atomic E-state index is 5.65. The first-order valence-electron chi connectivity index (χ1n) is 7.52. The highest BCUT2D eigenvalue weighted by atomic mass is 16.5. The lowest BCUT2D eigenvalue weighted by molar-refractivity contribution is -0.0504. The SMILES string of the molecule is CC(C)NCc1cn(CCN2CC(C)OCC2C)nn1. The molecule has 2 rings (SSSR count). The predicted molar refractivity (Wildman–Crippen MR) is 78.4 cm³/mol. The quantitative estimate of drug-likeness (QED) is 0.839. The standard InChI is InChI=1S/C14H27N5O/c1-11(2)15-7-14-9-19(17-16-14)6-5-18-8-13(4)20-10-12(18)3/h9,11-13,15H,5-8,10H2,1-4H3. The summed E-state index contributed by atoms with van der Waals surface area (Å²) in [5.41, 5.74) is 1.00. The molecular formula is C14H27N5O. The van der Waals surface area contributed by atoms with Crippen LogP contribution in [0.4, 0.5) is 0 Å². The van der Waals surface area contributed by atoms with Crippen LogP contribution in [0.25, 0.3) is 0 Å². The molecule has 1 aliphatic heterocycles. The van der Waals surface area contributed by atoms with Crippen molar-refractivity contribution in [1.29, 1.82) is 0 Å². The molecule has 0 spiro atoms. The van der Waals surface area contributed by atoms with E-state index in [0.717, 1.165) is 38.5 Å². The van der Waals surface area contributed by atoms with Gasteiger partial charge in [-0.15, -0.1) is 5.10 Å². The molecule has 1 aliphatic rings. The summed E-state index contributed by atoms with van der Waals surface area (Å²) in [6, 6.07) is 0.952. The van der Waals surface area contributed by atoms with E-state index in [1.54, 1.807) is 0 Å². The molecule has 0 aliphatic carbocycles. The number of hydrogen-bond acceptors (Lipinski definition) is 5. The average Bonchev–Trinajstić information content (AvgIpc) is 2.85. The molecule has 1 aromatic heterocycles. The number of nitrogens with zero attached hydrogens (tertiary/aromatic N) is 4. The van der Waals surface area contributed by atoms with E-state index in [2.05, 4.69) is 48.2 Å². The highest BCUT2D eigenvalue weighted by molar-refractivity contribution is 4.92. The van der Waals surface area contributed by atoms with Crippen LogP contribution in [-0.2, 0) is 17.8 Å². The summed E-state index contributed by atoms with van der Waals surface area (Å²) in [6.07, 6.45) is 2.36. The Labute approximate surface area is 121 Å². The first kappa shape index (κ1) is 15.4. The molecule has 20 heavy (non-hydrogen) atoms. The normalized spacial score (nSPS) is 24.4. The van der Waals surface area contributed by atoms with Crippen molar-refractivity contribution in [3.63, 3.8) is 0 Å². The Morgan fingerprint density at radius 1 is 1.40 bits per heavy atom. The molecule has 1 saturated heterocycles. The molecule has 2 heterocycles. The van der Waals surface area contributed by atoms with E-state index in [4.69, 9.17) is 4.74 Å². The van der Waals surface area contributed by atoms with E-state index in [0.29, 0.717) is 18.2 Å². The summed E-state index contributed by atoms with van der Waals surface area (Å²) in [6.45, 7) is 13.1. The monoisotopic (exact) mass is 281 g/mol. The van der Waals surface area contributed by atoms with Gasteiger partial charge >= 0.3 is 0 Å². The average molecular weight is 281 g/mol. The van der Waals surface area contributed by atoms with E-state index < -0.39 is 0 Å². The van der Waals surface area contributed by atoms with Gasteiger partial charge in [0.2, 0.25) is 0 Å². The third kappa shape index (κ3) is 4.54. The number of morpholine rings is 1. The largest absolute Gasteiger partial charge is 0.376 e. The first-order chi connectivity index (χ1) is 9.54. The molecule has 0 radical (unpaired) electrons. The van der Waals surface area contributed by atoms with Crippen molar-refractivity contribution in [2.75, 3.05) is 19.7 Å². The highest BCUT2D eigenvalue weighted by Gasteiger charge is 2.22. The van der Waals surface area contributed by atoms with Crippen LogP contribution in [-0.4, -0.2) is 57.8 Å². The molecule has 2 atom stereocenters. The van der Waals surface area contributed by atoms with Crippen LogP contribution in [0.5, 0.6) is 0 Å². The van der Waals surface area contributed by atoms with Crippen LogP contribution in [0.3, 0.4) is 0 Å². The molecule has 1 N–H and O–H groups in total. The molecule has 1 aromatic rings. The molecule has 6 nitrogen and oxygen atoms in total. The molecule has 1 fully saturated rings. The Morgan fingerprint density at radius 3 is 2.95 bits per heavy atom. The molecule has 2 unspecified atom stereocenters. The van der Waals surface area contributed by atoms with Crippen LogP contribution < -0.4 is 5.32 Å². The van der Waals surface area contributed by atoms with Crippen LogP contribution in [0.15, 0.2) is 6.20 Å². The minimum absolute atomic E-state index is 0.327. The molecule has 6 heteroatoms. The highest BCUT2D eigenvalue weighted by Crippen LogP contribution is 2.11. The summed E-state index contributed by atoms with van der Waals surface area (Å²) in [5, 5.41) is 11.7. The van der Waals surface area contributed by atoms with Gasteiger partial charge < -0.3 is 10.1 Å². The van der Waals surface area contributed by atoms with Gasteiger partial charge in [0.15, 0.2) is 0 Å². The topological polar surface area (TPSA) is 55.2 Å². The van der Waals surface area contributed by atoms with Crippen molar-refractivity contribution in [2.24, 2.45) is 0 Å². The van der Waals surface area contributed by atoms with Gasteiger partial charge in [0.25, 0.3) is 0 Å². The lowest BCUT2D eigenvalue weighted by atomic mass is 10.2. The second-order valence-corrected chi connectivity index (χ2v) is 6.00. The second-order valence-electron chi connectivity index (χ2n) is 6.00. The van der Waals surface area contributed by atoms with Crippen molar-refractivity contribution in [3.05, 3.63) is 11.9 Å². The lowest BCUT2D eigenvalue weighted by Gasteiger charge is -2.36. The lowest BCUT2D eigenvalue weighted by Crippen LogP contribution is -2.48. The Bertz CT molecular complexity index is 406. The predicted octanol–water partition coefficient (Wildman–Crippen LogP) is 0.885. The molecule has 0 saturated carbocycles. The van der Waals surface area contributed by atoms with Gasteiger partial charge in [0.05, 0.1) is 24.9 Å². The summed E-state index contributed by atoms with van der Waals surface area (Å²) in [4.78, 5) is 2.46. The van der Waals surface area contributed by atoms with Crippen molar-refractivity contribution in [3.8, 4) is 0 Å². The van der Waals surface area contributed by atoms with E-state index in [9.17, 15) is 0 Å². The number of aromatic nitrogens is 3. The van der Waals surface area contributed by atoms with Crippen LogP contribution in [0.1, 0.15) is 33.4 Å². The minimum atomic E-state index is 0.327. The maximum Gasteiger partial charge on any atom is 0.0964 e. The number of hydrogen-bond donors (Lipinski definition) is 1. The van der Waals surface area contributed by atoms with E-state index >= 15 is 0 Å². The summed E-state index contributed by atoms with van der Waals surface area (Å²) in [5.74, 6) is 0. The zero-order chi connectivity index (χ0) is 14.5. The fourth-order valence-electron chi connectivity index (χ4n) is 2.35. The molecule has 0 aromatic carbocycles. The number of nitrogens with one attached hydrogen (secondary N) is 1. The molecule has 114 valence electrons. The minimum Gasteiger partial charge on any atom is -0.376 e. The van der Waals surface area contributed by atoms with Crippen molar-refractivity contribution in [2.45, 2.75) is 59.0 Å². The smallest absolute Gasteiger partial charge is 0.0964 e. The third-order valence-corrected chi connectivity index (χ3v) is 3.63. The zero-order valence-corrected chi connectivity index (χ0v) is 13.0. The van der Waals surface area contributed by atoms with Gasteiger partial charge in [-0.3, -0.25) is 9.58 Å². The van der Waals surface area contributed by atoms with E-state index in [-0.39, 0.29) is 0 Å². The van der Waals surface area contributed by atoms with Gasteiger partial charge in [-0.05, 0) is 13.8 Å². The first-order valence-corrected chi connectivity index (χ1v) is 7.52. The fourth-order valence-corrected chi connectivity index (χ4v) is 2.35. The molecule has 0 amide bonds. The summed E-state index contributed by atoms with van der Waals surface area (Å²) >= 11 is 0. The van der Waals surface area contributed by atoms with Gasteiger partial charge in [0, 0.05) is 37.9 Å². The Kier molecular flexibility index (Phi) is 5.51. The van der Waals surface area contributed by atoms with E-state index in [1.807, 2.05) is 10.9 Å². The third-order valence-electron chi connectivity index (χ3n) is 3.63. The van der Waals surface area contributed by atoms with Gasteiger partial charge in [-0.25, -0.2) is 0 Å². The summed E-state index contributed by atoms with van der Waals surface area (Å²) < 4.78 is 7.58. The van der Waals surface area contributed by atoms with Crippen molar-refractivity contribution >= 4 is 0 Å². The van der Waals surface area contributed by atoms with Crippen LogP contribution in [0, 0.1) is 0 Å². The summed E-state index contributed by atoms with van der Waals surface area (Å²) in [7, 11) is 0. The molecular weight excluding hydrogens is 254 g/mol. The second kappa shape index (κ2) is 7.15. The molecule has 0 bridgehead atoms. The number of rotatable bonds is 6. The fraction of sp³-hybridized carbons (Fsp3) is 0.857. The Hall–Kier alpha value is -0.980. The number of ether oxygens (including phenoxy) is 1. The van der Waals surface area contributed by atoms with Crippen LogP contribution in [0.2, 0.25) is 0 Å². The Balaban J connectivity index is 1.78. The van der Waals surface area contributed by atoms with Gasteiger partial charge in [-0.2, -0.15) is 0 Å². The zero-order valence-electron chi connectivity index (χ0n) is 13.0. The van der Waals surface area contributed by atoms with Gasteiger partial charge in [-0.1, -0.05) is 19.1 Å². The van der Waals surface area contributed by atoms with Crippen molar-refractivity contribution in [1.82, 2.24) is 25.2 Å². The van der Waals surface area contributed by atoms with Crippen LogP contribution >= 0.6 is 0 Å². The van der Waals surface area contributed by atoms with Gasteiger partial charge in [0.1, 0.15) is 0 Å². The Morgan fingerprint density at radius 2 is 2.20 bits per heavy atom. The van der Waals surface area contributed by atoms with Crippen molar-refractivity contribution < 1.29 is 4.74 Å².